The van der Waals surface area contributed by atoms with Crippen LogP contribution in [-0.4, -0.2) is 33.7 Å². The molecule has 3 aromatic rings. The van der Waals surface area contributed by atoms with Gasteiger partial charge < -0.3 is 19.1 Å². The normalized spacial score (nSPS) is 16.5. The maximum atomic E-state index is 12.2. The van der Waals surface area contributed by atoms with Crippen LogP contribution < -0.4 is 19.1 Å². The van der Waals surface area contributed by atoms with Crippen molar-refractivity contribution in [3.63, 3.8) is 0 Å². The minimum absolute atomic E-state index is 0.135. The van der Waals surface area contributed by atoms with E-state index in [1.165, 1.54) is 10.9 Å². The van der Waals surface area contributed by atoms with E-state index in [1.807, 2.05) is 6.07 Å². The standard InChI is InChI=1S/C25H25NO4/c1-14(27)11-20-23-17(7-8-21(28-3)25(23)29-4)18-6-5-15-12-16-9-10-30-22(16)13-19(15)24(18)26(20)2/h5-8,12-13,20H,9-11H2,1-4H3/t20-/m0/s1. The van der Waals surface area contributed by atoms with Crippen LogP contribution in [0.3, 0.4) is 0 Å². The summed E-state index contributed by atoms with van der Waals surface area (Å²) in [5.41, 5.74) is 5.58. The summed E-state index contributed by atoms with van der Waals surface area (Å²) in [5, 5.41) is 2.33. The van der Waals surface area contributed by atoms with Gasteiger partial charge in [0, 0.05) is 36.4 Å². The lowest BCUT2D eigenvalue weighted by molar-refractivity contribution is -0.117. The van der Waals surface area contributed by atoms with Gasteiger partial charge in [-0.2, -0.15) is 0 Å². The van der Waals surface area contributed by atoms with Gasteiger partial charge in [0.2, 0.25) is 0 Å². The van der Waals surface area contributed by atoms with Gasteiger partial charge in [-0.25, -0.2) is 0 Å². The van der Waals surface area contributed by atoms with Gasteiger partial charge in [0.15, 0.2) is 11.5 Å². The first kappa shape index (κ1) is 18.8. The number of ketones is 1. The molecule has 2 heterocycles. The molecule has 30 heavy (non-hydrogen) atoms. The fourth-order valence-corrected chi connectivity index (χ4v) is 4.96. The molecule has 5 rings (SSSR count). The number of benzene rings is 3. The van der Waals surface area contributed by atoms with Gasteiger partial charge in [0.1, 0.15) is 11.5 Å². The average molecular weight is 403 g/mol. The number of anilines is 1. The Labute approximate surface area is 176 Å². The third-order valence-electron chi connectivity index (χ3n) is 6.31. The Morgan fingerprint density at radius 3 is 2.67 bits per heavy atom. The Bertz CT molecular complexity index is 1180. The topological polar surface area (TPSA) is 48.0 Å². The van der Waals surface area contributed by atoms with Crippen molar-refractivity contribution >= 4 is 22.2 Å². The van der Waals surface area contributed by atoms with Crippen molar-refractivity contribution in [2.24, 2.45) is 0 Å². The number of methoxy groups -OCH3 is 2. The van der Waals surface area contributed by atoms with E-state index in [9.17, 15) is 4.79 Å². The molecule has 0 fully saturated rings. The zero-order valence-corrected chi connectivity index (χ0v) is 17.7. The molecule has 5 heteroatoms. The summed E-state index contributed by atoms with van der Waals surface area (Å²) in [6, 6.07) is 12.6. The highest BCUT2D eigenvalue weighted by Gasteiger charge is 2.35. The van der Waals surface area contributed by atoms with Gasteiger partial charge >= 0.3 is 0 Å². The van der Waals surface area contributed by atoms with Gasteiger partial charge in [0.05, 0.1) is 32.6 Å². The Morgan fingerprint density at radius 1 is 1.13 bits per heavy atom. The molecule has 0 N–H and O–H groups in total. The fourth-order valence-electron chi connectivity index (χ4n) is 4.96. The summed E-state index contributed by atoms with van der Waals surface area (Å²) in [7, 11) is 5.35. The zero-order chi connectivity index (χ0) is 21.0. The second kappa shape index (κ2) is 6.94. The number of hydrogen-bond acceptors (Lipinski definition) is 5. The summed E-state index contributed by atoms with van der Waals surface area (Å²) in [6.07, 6.45) is 1.34. The molecule has 0 spiro atoms. The number of nitrogens with zero attached hydrogens (tertiary/aromatic N) is 1. The number of carbonyl (C=O) groups excluding carboxylic acids is 1. The Kier molecular flexibility index (Phi) is 4.35. The largest absolute Gasteiger partial charge is 0.493 e. The molecule has 1 atom stereocenters. The van der Waals surface area contributed by atoms with E-state index in [4.69, 9.17) is 14.2 Å². The fraction of sp³-hybridized carbons (Fsp3) is 0.320. The molecule has 0 bridgehead atoms. The second-order valence-corrected chi connectivity index (χ2v) is 8.04. The van der Waals surface area contributed by atoms with Crippen LogP contribution in [0.2, 0.25) is 0 Å². The highest BCUT2D eigenvalue weighted by Crippen LogP contribution is 2.53. The molecular weight excluding hydrogens is 378 g/mol. The van der Waals surface area contributed by atoms with E-state index >= 15 is 0 Å². The second-order valence-electron chi connectivity index (χ2n) is 8.04. The minimum atomic E-state index is -0.144. The quantitative estimate of drug-likeness (QED) is 0.618. The van der Waals surface area contributed by atoms with Crippen LogP contribution in [0, 0.1) is 0 Å². The van der Waals surface area contributed by atoms with Crippen molar-refractivity contribution in [2.45, 2.75) is 25.8 Å². The van der Waals surface area contributed by atoms with Crippen LogP contribution >= 0.6 is 0 Å². The Morgan fingerprint density at radius 2 is 1.93 bits per heavy atom. The first-order valence-electron chi connectivity index (χ1n) is 10.2. The van der Waals surface area contributed by atoms with Crippen LogP contribution in [0.15, 0.2) is 36.4 Å². The maximum absolute atomic E-state index is 12.2. The van der Waals surface area contributed by atoms with Gasteiger partial charge in [0.25, 0.3) is 0 Å². The van der Waals surface area contributed by atoms with Gasteiger partial charge in [-0.05, 0) is 47.7 Å². The minimum Gasteiger partial charge on any atom is -0.493 e. The lowest BCUT2D eigenvalue weighted by Crippen LogP contribution is -2.30. The van der Waals surface area contributed by atoms with Crippen LogP contribution in [0.1, 0.15) is 30.5 Å². The number of ether oxygens (including phenoxy) is 3. The summed E-state index contributed by atoms with van der Waals surface area (Å²) < 4.78 is 17.2. The number of hydrogen-bond donors (Lipinski definition) is 0. The molecule has 2 aliphatic heterocycles. The highest BCUT2D eigenvalue weighted by atomic mass is 16.5. The van der Waals surface area contributed by atoms with Crippen molar-refractivity contribution in [2.75, 3.05) is 32.8 Å². The first-order valence-corrected chi connectivity index (χ1v) is 10.2. The van der Waals surface area contributed by atoms with Crippen LogP contribution in [0.25, 0.3) is 21.9 Å². The van der Waals surface area contributed by atoms with Crippen LogP contribution in [-0.2, 0) is 11.2 Å². The number of carbonyl (C=O) groups is 1. The van der Waals surface area contributed by atoms with Crippen molar-refractivity contribution < 1.29 is 19.0 Å². The molecule has 0 aromatic heterocycles. The Hall–Kier alpha value is -3.21. The van der Waals surface area contributed by atoms with Crippen molar-refractivity contribution in [3.8, 4) is 28.4 Å². The predicted molar refractivity (Wildman–Crippen MR) is 118 cm³/mol. The highest BCUT2D eigenvalue weighted by molar-refractivity contribution is 6.05. The molecule has 0 unspecified atom stereocenters. The van der Waals surface area contributed by atoms with E-state index in [2.05, 4.69) is 42.3 Å². The molecule has 2 aliphatic rings. The maximum Gasteiger partial charge on any atom is 0.166 e. The SMILES string of the molecule is COc1ccc2c(c1OC)[C@H](CC(C)=O)N(C)c1c-2ccc2cc3c(cc12)OCC3. The van der Waals surface area contributed by atoms with Gasteiger partial charge in [-0.3, -0.25) is 4.79 Å². The van der Waals surface area contributed by atoms with Crippen molar-refractivity contribution in [1.82, 2.24) is 0 Å². The third kappa shape index (κ3) is 2.65. The molecule has 0 saturated heterocycles. The van der Waals surface area contributed by atoms with E-state index < -0.39 is 0 Å². The number of fused-ring (bicyclic) bond motifs is 6. The molecule has 5 nitrogen and oxygen atoms in total. The molecule has 0 radical (unpaired) electrons. The average Bonchev–Trinajstić information content (AvgIpc) is 3.20. The van der Waals surface area contributed by atoms with E-state index in [-0.39, 0.29) is 11.8 Å². The molecular formula is C25H25NO4. The monoisotopic (exact) mass is 403 g/mol. The van der Waals surface area contributed by atoms with Crippen LogP contribution in [0.5, 0.6) is 17.2 Å². The molecule has 154 valence electrons. The van der Waals surface area contributed by atoms with Gasteiger partial charge in [-0.15, -0.1) is 0 Å². The summed E-state index contributed by atoms with van der Waals surface area (Å²) in [4.78, 5) is 14.4. The molecule has 3 aromatic carbocycles. The van der Waals surface area contributed by atoms with Crippen molar-refractivity contribution in [1.29, 1.82) is 0 Å². The van der Waals surface area contributed by atoms with E-state index in [0.717, 1.165) is 46.5 Å². The smallest absolute Gasteiger partial charge is 0.166 e. The third-order valence-corrected chi connectivity index (χ3v) is 6.31. The first-order chi connectivity index (χ1) is 14.5. The molecule has 0 saturated carbocycles. The van der Waals surface area contributed by atoms with E-state index in [1.54, 1.807) is 21.1 Å². The van der Waals surface area contributed by atoms with Gasteiger partial charge in [-0.1, -0.05) is 12.1 Å². The van der Waals surface area contributed by atoms with Crippen molar-refractivity contribution in [3.05, 3.63) is 47.5 Å². The zero-order valence-electron chi connectivity index (χ0n) is 17.7. The lowest BCUT2D eigenvalue weighted by Gasteiger charge is -2.39. The summed E-state index contributed by atoms with van der Waals surface area (Å²) >= 11 is 0. The molecule has 0 aliphatic carbocycles. The number of Topliss-reactive ketones (excluding diaryl/α,β-unsaturated/α-hetero) is 1. The predicted octanol–water partition coefficient (Wildman–Crippen LogP) is 4.93. The summed E-state index contributed by atoms with van der Waals surface area (Å²) in [6.45, 7) is 2.37. The van der Waals surface area contributed by atoms with E-state index in [0.29, 0.717) is 17.9 Å². The summed E-state index contributed by atoms with van der Waals surface area (Å²) in [5.74, 6) is 2.46. The van der Waals surface area contributed by atoms with Crippen LogP contribution in [0.4, 0.5) is 5.69 Å². The lowest BCUT2D eigenvalue weighted by atomic mass is 9.83. The Balaban J connectivity index is 1.83. The number of rotatable bonds is 4. The molecule has 0 amide bonds.